The Morgan fingerprint density at radius 1 is 1.40 bits per heavy atom. The maximum atomic E-state index is 11.0. The van der Waals surface area contributed by atoms with Crippen LogP contribution in [0.15, 0.2) is 0 Å². The minimum atomic E-state index is -0.277. The van der Waals surface area contributed by atoms with Gasteiger partial charge >= 0.3 is 6.09 Å². The number of carbonyl (C=O) groups excluding carboxylic acids is 1. The van der Waals surface area contributed by atoms with Crippen LogP contribution >= 0.6 is 0 Å². The van der Waals surface area contributed by atoms with Gasteiger partial charge in [-0.1, -0.05) is 19.8 Å². The van der Waals surface area contributed by atoms with Gasteiger partial charge in [-0.05, 0) is 12.3 Å². The Labute approximate surface area is 90.3 Å². The molecule has 0 aromatic heterocycles. The molecular weight excluding hydrogens is 194 g/mol. The predicted octanol–water partition coefficient (Wildman–Crippen LogP) is 1.55. The monoisotopic (exact) mass is 213 g/mol. The van der Waals surface area contributed by atoms with Crippen molar-refractivity contribution in [1.29, 1.82) is 0 Å². The standard InChI is InChI=1S/C11H19NO3/c1-2-3-4-8-5-14-6-9(8)10-7-15-11(13)12-10/h8-10H,2-7H2,1H3,(H,12,13). The first-order chi connectivity index (χ1) is 7.31. The molecule has 1 amide bonds. The second-order valence-electron chi connectivity index (χ2n) is 4.45. The van der Waals surface area contributed by atoms with Crippen molar-refractivity contribution < 1.29 is 14.3 Å². The highest BCUT2D eigenvalue weighted by Gasteiger charge is 2.38. The summed E-state index contributed by atoms with van der Waals surface area (Å²) >= 11 is 0. The lowest BCUT2D eigenvalue weighted by Crippen LogP contribution is -2.37. The fraction of sp³-hybridized carbons (Fsp3) is 0.909. The van der Waals surface area contributed by atoms with Gasteiger partial charge in [-0.2, -0.15) is 0 Å². The summed E-state index contributed by atoms with van der Waals surface area (Å²) in [4.78, 5) is 11.0. The van der Waals surface area contributed by atoms with Gasteiger partial charge in [0.05, 0.1) is 12.6 Å². The Balaban J connectivity index is 1.86. The number of rotatable bonds is 4. The smallest absolute Gasteiger partial charge is 0.407 e. The van der Waals surface area contributed by atoms with Crippen LogP contribution in [-0.4, -0.2) is 32.0 Å². The topological polar surface area (TPSA) is 47.6 Å². The summed E-state index contributed by atoms with van der Waals surface area (Å²) in [5.74, 6) is 1.04. The van der Waals surface area contributed by atoms with Crippen molar-refractivity contribution in [3.8, 4) is 0 Å². The molecule has 2 fully saturated rings. The van der Waals surface area contributed by atoms with E-state index >= 15 is 0 Å². The van der Waals surface area contributed by atoms with Crippen molar-refractivity contribution in [3.05, 3.63) is 0 Å². The van der Waals surface area contributed by atoms with Crippen LogP contribution in [0.25, 0.3) is 0 Å². The lowest BCUT2D eigenvalue weighted by molar-refractivity contribution is 0.166. The molecule has 4 nitrogen and oxygen atoms in total. The van der Waals surface area contributed by atoms with Gasteiger partial charge in [0, 0.05) is 12.5 Å². The van der Waals surface area contributed by atoms with E-state index in [9.17, 15) is 4.79 Å². The Morgan fingerprint density at radius 2 is 2.27 bits per heavy atom. The predicted molar refractivity (Wildman–Crippen MR) is 55.6 cm³/mol. The second kappa shape index (κ2) is 4.84. The number of ether oxygens (including phenoxy) is 2. The van der Waals surface area contributed by atoms with Crippen molar-refractivity contribution >= 4 is 6.09 Å². The van der Waals surface area contributed by atoms with Crippen molar-refractivity contribution in [2.24, 2.45) is 11.8 Å². The van der Waals surface area contributed by atoms with Crippen LogP contribution in [0.1, 0.15) is 26.2 Å². The Bertz CT molecular complexity index is 232. The Morgan fingerprint density at radius 3 is 2.93 bits per heavy atom. The molecule has 2 aliphatic heterocycles. The zero-order valence-corrected chi connectivity index (χ0v) is 9.20. The third-order valence-electron chi connectivity index (χ3n) is 3.39. The average Bonchev–Trinajstić information content (AvgIpc) is 2.82. The molecule has 4 heteroatoms. The highest BCUT2D eigenvalue weighted by molar-refractivity contribution is 5.69. The largest absolute Gasteiger partial charge is 0.447 e. The third kappa shape index (κ3) is 2.43. The van der Waals surface area contributed by atoms with E-state index in [1.54, 1.807) is 0 Å². The van der Waals surface area contributed by atoms with Crippen LogP contribution in [0.5, 0.6) is 0 Å². The van der Waals surface area contributed by atoms with Gasteiger partial charge in [-0.25, -0.2) is 4.79 Å². The number of carbonyl (C=O) groups is 1. The molecule has 15 heavy (non-hydrogen) atoms. The highest BCUT2D eigenvalue weighted by atomic mass is 16.6. The molecule has 2 aliphatic rings. The summed E-state index contributed by atoms with van der Waals surface area (Å²) in [6.45, 7) is 4.32. The molecule has 3 unspecified atom stereocenters. The van der Waals surface area contributed by atoms with Gasteiger partial charge in [0.25, 0.3) is 0 Å². The normalized spacial score (nSPS) is 35.3. The van der Waals surface area contributed by atoms with E-state index in [1.807, 2.05) is 0 Å². The quantitative estimate of drug-likeness (QED) is 0.770. The van der Waals surface area contributed by atoms with Gasteiger partial charge in [0.15, 0.2) is 0 Å². The fourth-order valence-electron chi connectivity index (χ4n) is 2.45. The van der Waals surface area contributed by atoms with Gasteiger partial charge in [-0.3, -0.25) is 0 Å². The summed E-state index contributed by atoms with van der Waals surface area (Å²) in [7, 11) is 0. The summed E-state index contributed by atoms with van der Waals surface area (Å²) in [5.41, 5.74) is 0. The van der Waals surface area contributed by atoms with E-state index in [0.717, 1.165) is 13.2 Å². The first-order valence-electron chi connectivity index (χ1n) is 5.82. The van der Waals surface area contributed by atoms with Gasteiger partial charge in [-0.15, -0.1) is 0 Å². The first kappa shape index (κ1) is 10.7. The third-order valence-corrected chi connectivity index (χ3v) is 3.39. The van der Waals surface area contributed by atoms with Crippen LogP contribution in [0.3, 0.4) is 0 Å². The maximum absolute atomic E-state index is 11.0. The number of alkyl carbamates (subject to hydrolysis) is 1. The zero-order chi connectivity index (χ0) is 10.7. The molecule has 3 atom stereocenters. The summed E-state index contributed by atoms with van der Waals surface area (Å²) in [6.07, 6.45) is 3.39. The van der Waals surface area contributed by atoms with E-state index in [2.05, 4.69) is 12.2 Å². The molecule has 0 radical (unpaired) electrons. The molecule has 0 aromatic rings. The number of amides is 1. The SMILES string of the molecule is CCCCC1COCC1C1COC(=O)N1. The number of cyclic esters (lactones) is 1. The lowest BCUT2D eigenvalue weighted by atomic mass is 9.86. The van der Waals surface area contributed by atoms with E-state index in [-0.39, 0.29) is 12.1 Å². The molecule has 0 bridgehead atoms. The van der Waals surface area contributed by atoms with Crippen molar-refractivity contribution in [2.45, 2.75) is 32.2 Å². The summed E-state index contributed by atoms with van der Waals surface area (Å²) in [5, 5.41) is 2.86. The molecule has 2 heterocycles. The van der Waals surface area contributed by atoms with Crippen LogP contribution in [0.4, 0.5) is 4.79 Å². The number of nitrogens with one attached hydrogen (secondary N) is 1. The van der Waals surface area contributed by atoms with Gasteiger partial charge in [0.2, 0.25) is 0 Å². The minimum Gasteiger partial charge on any atom is -0.447 e. The van der Waals surface area contributed by atoms with E-state index < -0.39 is 0 Å². The second-order valence-corrected chi connectivity index (χ2v) is 4.45. The lowest BCUT2D eigenvalue weighted by Gasteiger charge is -2.21. The van der Waals surface area contributed by atoms with Gasteiger partial charge < -0.3 is 14.8 Å². The van der Waals surface area contributed by atoms with Crippen molar-refractivity contribution in [3.63, 3.8) is 0 Å². The number of hydrogen-bond donors (Lipinski definition) is 1. The molecule has 0 saturated carbocycles. The van der Waals surface area contributed by atoms with Crippen LogP contribution in [0.2, 0.25) is 0 Å². The van der Waals surface area contributed by atoms with Gasteiger partial charge in [0.1, 0.15) is 6.61 Å². The Kier molecular flexibility index (Phi) is 3.46. The summed E-state index contributed by atoms with van der Waals surface area (Å²) in [6, 6.07) is 0.168. The summed E-state index contributed by atoms with van der Waals surface area (Å²) < 4.78 is 10.4. The van der Waals surface area contributed by atoms with Crippen LogP contribution < -0.4 is 5.32 Å². The number of unbranched alkanes of at least 4 members (excludes halogenated alkanes) is 1. The van der Waals surface area contributed by atoms with E-state index in [1.165, 1.54) is 19.3 Å². The maximum Gasteiger partial charge on any atom is 0.407 e. The molecule has 2 saturated heterocycles. The van der Waals surface area contributed by atoms with E-state index in [4.69, 9.17) is 9.47 Å². The molecule has 0 spiro atoms. The molecule has 2 rings (SSSR count). The van der Waals surface area contributed by atoms with E-state index in [0.29, 0.717) is 18.4 Å². The Hall–Kier alpha value is -0.770. The average molecular weight is 213 g/mol. The van der Waals surface area contributed by atoms with Crippen molar-refractivity contribution in [2.75, 3.05) is 19.8 Å². The van der Waals surface area contributed by atoms with Crippen molar-refractivity contribution in [1.82, 2.24) is 5.32 Å². The zero-order valence-electron chi connectivity index (χ0n) is 9.20. The molecular formula is C11H19NO3. The van der Waals surface area contributed by atoms with Crippen LogP contribution in [0, 0.1) is 11.8 Å². The highest BCUT2D eigenvalue weighted by Crippen LogP contribution is 2.29. The van der Waals surface area contributed by atoms with Crippen LogP contribution in [-0.2, 0) is 9.47 Å². The molecule has 0 aromatic carbocycles. The number of hydrogen-bond acceptors (Lipinski definition) is 3. The first-order valence-corrected chi connectivity index (χ1v) is 5.82. The minimum absolute atomic E-state index is 0.168. The molecule has 86 valence electrons. The fourth-order valence-corrected chi connectivity index (χ4v) is 2.45. The molecule has 1 N–H and O–H groups in total. The molecule has 0 aliphatic carbocycles.